The van der Waals surface area contributed by atoms with E-state index in [1.54, 1.807) is 19.2 Å². The van der Waals surface area contributed by atoms with Gasteiger partial charge in [0.25, 0.3) is 11.5 Å². The highest BCUT2D eigenvalue weighted by atomic mass is 16.5. The average molecular weight is 398 g/mol. The molecule has 1 aromatic carbocycles. The highest BCUT2D eigenvalue weighted by molar-refractivity contribution is 5.96. The second-order valence-electron chi connectivity index (χ2n) is 6.26. The normalized spacial score (nSPS) is 10.7. The summed E-state index contributed by atoms with van der Waals surface area (Å²) in [6.07, 6.45) is 2.06. The van der Waals surface area contributed by atoms with Gasteiger partial charge < -0.3 is 14.8 Å². The predicted octanol–water partition coefficient (Wildman–Crippen LogP) is 1.31. The number of ether oxygens (including phenoxy) is 2. The number of H-pyrrole nitrogens is 1. The fourth-order valence-electron chi connectivity index (χ4n) is 2.89. The van der Waals surface area contributed by atoms with Gasteiger partial charge in [-0.15, -0.1) is 0 Å². The molecular weight excluding hydrogens is 376 g/mol. The third kappa shape index (κ3) is 4.45. The molecule has 2 heterocycles. The largest absolute Gasteiger partial charge is 0.493 e. The topological polar surface area (TPSA) is 115 Å². The molecule has 0 bridgehead atoms. The molecule has 0 radical (unpaired) electrons. The molecule has 2 N–H and O–H groups in total. The van der Waals surface area contributed by atoms with Gasteiger partial charge in [0.05, 0.1) is 24.6 Å². The lowest BCUT2D eigenvalue weighted by atomic mass is 10.2. The Kier molecular flexibility index (Phi) is 6.28. The molecule has 3 aromatic rings. The van der Waals surface area contributed by atoms with Crippen molar-refractivity contribution in [3.05, 3.63) is 62.9 Å². The molecule has 0 saturated heterocycles. The minimum atomic E-state index is -0.570. The van der Waals surface area contributed by atoms with Crippen molar-refractivity contribution >= 4 is 16.9 Å². The van der Waals surface area contributed by atoms with E-state index in [1.165, 1.54) is 16.8 Å². The van der Waals surface area contributed by atoms with Crippen LogP contribution >= 0.6 is 0 Å². The summed E-state index contributed by atoms with van der Waals surface area (Å²) in [6.45, 7) is 2.83. The quantitative estimate of drug-likeness (QED) is 0.553. The van der Waals surface area contributed by atoms with E-state index in [0.29, 0.717) is 24.5 Å². The molecule has 0 saturated carbocycles. The number of carbonyl (C=O) groups is 1. The standard InChI is InChI=1S/C20H22N4O5/c1-3-9-24-17-14(19(26)23-20(24)27)11-13(12-22-17)18(25)21-8-10-29-16-7-5-4-6-15(16)28-2/h4-7,11-12H,3,8-10H2,1-2H3,(H,21,25)(H,23,26,27). The molecule has 0 aliphatic carbocycles. The Morgan fingerprint density at radius 2 is 2.00 bits per heavy atom. The van der Waals surface area contributed by atoms with Crippen LogP contribution in [0.15, 0.2) is 46.1 Å². The summed E-state index contributed by atoms with van der Waals surface area (Å²) in [5.74, 6) is 0.794. The fourth-order valence-corrected chi connectivity index (χ4v) is 2.89. The molecule has 9 nitrogen and oxygen atoms in total. The van der Waals surface area contributed by atoms with Crippen molar-refractivity contribution in [2.24, 2.45) is 0 Å². The first-order valence-electron chi connectivity index (χ1n) is 9.22. The molecule has 0 fully saturated rings. The summed E-state index contributed by atoms with van der Waals surface area (Å²) >= 11 is 0. The number of hydrogen-bond acceptors (Lipinski definition) is 6. The van der Waals surface area contributed by atoms with Gasteiger partial charge in [-0.25, -0.2) is 9.78 Å². The summed E-state index contributed by atoms with van der Waals surface area (Å²) < 4.78 is 12.2. The van der Waals surface area contributed by atoms with Gasteiger partial charge >= 0.3 is 5.69 Å². The molecule has 0 spiro atoms. The van der Waals surface area contributed by atoms with Crippen LogP contribution < -0.4 is 26.0 Å². The van der Waals surface area contributed by atoms with Crippen molar-refractivity contribution in [3.8, 4) is 11.5 Å². The number of nitrogens with zero attached hydrogens (tertiary/aromatic N) is 2. The molecule has 3 rings (SSSR count). The number of pyridine rings is 1. The summed E-state index contributed by atoms with van der Waals surface area (Å²) in [5, 5.41) is 2.91. The van der Waals surface area contributed by atoms with Crippen molar-refractivity contribution in [2.75, 3.05) is 20.3 Å². The van der Waals surface area contributed by atoms with Crippen LogP contribution in [0.25, 0.3) is 11.0 Å². The first-order valence-corrected chi connectivity index (χ1v) is 9.22. The molecule has 0 aliphatic rings. The molecule has 0 aliphatic heterocycles. The molecule has 1 amide bonds. The molecule has 2 aromatic heterocycles. The number of benzene rings is 1. The van der Waals surface area contributed by atoms with Crippen LogP contribution in [-0.4, -0.2) is 40.7 Å². The van der Waals surface area contributed by atoms with Gasteiger partial charge in [0.2, 0.25) is 0 Å². The Morgan fingerprint density at radius 1 is 1.24 bits per heavy atom. The van der Waals surface area contributed by atoms with Gasteiger partial charge in [0, 0.05) is 12.7 Å². The molecule has 152 valence electrons. The number of nitrogens with one attached hydrogen (secondary N) is 2. The Labute approximate surface area is 166 Å². The summed E-state index contributed by atoms with van der Waals surface area (Å²) in [7, 11) is 1.55. The Bertz CT molecular complexity index is 1140. The number of fused-ring (bicyclic) bond motifs is 1. The minimum Gasteiger partial charge on any atom is -0.493 e. The fraction of sp³-hybridized carbons (Fsp3) is 0.300. The van der Waals surface area contributed by atoms with Crippen LogP contribution in [0, 0.1) is 0 Å². The molecule has 0 atom stereocenters. The Morgan fingerprint density at radius 3 is 2.72 bits per heavy atom. The Balaban J connectivity index is 1.69. The number of aryl methyl sites for hydroxylation is 1. The maximum absolute atomic E-state index is 12.4. The van der Waals surface area contributed by atoms with Crippen LogP contribution in [0.3, 0.4) is 0 Å². The SMILES string of the molecule is CCCn1c(=O)[nH]c(=O)c2cc(C(=O)NCCOc3ccccc3OC)cnc21. The van der Waals surface area contributed by atoms with Crippen LogP contribution in [0.5, 0.6) is 11.5 Å². The van der Waals surface area contributed by atoms with Gasteiger partial charge in [-0.05, 0) is 24.6 Å². The van der Waals surface area contributed by atoms with E-state index in [-0.39, 0.29) is 29.7 Å². The number of amides is 1. The maximum Gasteiger partial charge on any atom is 0.329 e. The van der Waals surface area contributed by atoms with E-state index in [9.17, 15) is 14.4 Å². The Hall–Kier alpha value is -3.62. The molecular formula is C20H22N4O5. The van der Waals surface area contributed by atoms with Gasteiger partial charge in [-0.3, -0.25) is 19.1 Å². The number of hydrogen-bond donors (Lipinski definition) is 2. The average Bonchev–Trinajstić information content (AvgIpc) is 2.74. The van der Waals surface area contributed by atoms with Gasteiger partial charge in [-0.1, -0.05) is 19.1 Å². The lowest BCUT2D eigenvalue weighted by Crippen LogP contribution is -2.32. The smallest absolute Gasteiger partial charge is 0.329 e. The van der Waals surface area contributed by atoms with Gasteiger partial charge in [0.15, 0.2) is 11.5 Å². The van der Waals surface area contributed by atoms with Crippen molar-refractivity contribution in [2.45, 2.75) is 19.9 Å². The summed E-state index contributed by atoms with van der Waals surface area (Å²) in [5.41, 5.74) is -0.597. The van der Waals surface area contributed by atoms with Crippen LogP contribution in [0.2, 0.25) is 0 Å². The third-order valence-corrected chi connectivity index (χ3v) is 4.26. The lowest BCUT2D eigenvalue weighted by Gasteiger charge is -2.11. The number of rotatable bonds is 8. The second kappa shape index (κ2) is 9.05. The minimum absolute atomic E-state index is 0.191. The monoisotopic (exact) mass is 398 g/mol. The lowest BCUT2D eigenvalue weighted by molar-refractivity contribution is 0.0946. The van der Waals surface area contributed by atoms with E-state index in [2.05, 4.69) is 15.3 Å². The van der Waals surface area contributed by atoms with E-state index < -0.39 is 17.2 Å². The second-order valence-corrected chi connectivity index (χ2v) is 6.26. The number of aromatic amines is 1. The third-order valence-electron chi connectivity index (χ3n) is 4.26. The molecule has 9 heteroatoms. The molecule has 29 heavy (non-hydrogen) atoms. The van der Waals surface area contributed by atoms with Crippen LogP contribution in [-0.2, 0) is 6.54 Å². The number of methoxy groups -OCH3 is 1. The first kappa shape index (κ1) is 20.1. The van der Waals surface area contributed by atoms with Crippen molar-refractivity contribution < 1.29 is 14.3 Å². The zero-order chi connectivity index (χ0) is 20.8. The zero-order valence-electron chi connectivity index (χ0n) is 16.2. The van der Waals surface area contributed by atoms with E-state index in [4.69, 9.17) is 9.47 Å². The zero-order valence-corrected chi connectivity index (χ0v) is 16.2. The van der Waals surface area contributed by atoms with Crippen molar-refractivity contribution in [1.29, 1.82) is 0 Å². The van der Waals surface area contributed by atoms with Crippen LogP contribution in [0.4, 0.5) is 0 Å². The maximum atomic E-state index is 12.4. The number of para-hydroxylation sites is 2. The van der Waals surface area contributed by atoms with Gasteiger partial charge in [-0.2, -0.15) is 0 Å². The number of carbonyl (C=O) groups excluding carboxylic acids is 1. The predicted molar refractivity (Wildman–Crippen MR) is 108 cm³/mol. The summed E-state index contributed by atoms with van der Waals surface area (Å²) in [6, 6.07) is 8.65. The van der Waals surface area contributed by atoms with Crippen molar-refractivity contribution in [3.63, 3.8) is 0 Å². The van der Waals surface area contributed by atoms with Gasteiger partial charge in [0.1, 0.15) is 12.3 Å². The van der Waals surface area contributed by atoms with E-state index in [1.807, 2.05) is 19.1 Å². The van der Waals surface area contributed by atoms with Crippen molar-refractivity contribution in [1.82, 2.24) is 19.9 Å². The summed E-state index contributed by atoms with van der Waals surface area (Å²) in [4.78, 5) is 42.9. The van der Waals surface area contributed by atoms with E-state index in [0.717, 1.165) is 0 Å². The van der Waals surface area contributed by atoms with E-state index >= 15 is 0 Å². The van der Waals surface area contributed by atoms with Crippen LogP contribution in [0.1, 0.15) is 23.7 Å². The highest BCUT2D eigenvalue weighted by Gasteiger charge is 2.13. The highest BCUT2D eigenvalue weighted by Crippen LogP contribution is 2.25. The number of aromatic nitrogens is 3. The first-order chi connectivity index (χ1) is 14.0. The molecule has 0 unspecified atom stereocenters.